The van der Waals surface area contributed by atoms with Crippen molar-refractivity contribution in [2.75, 3.05) is 0 Å². The second-order valence-electron chi connectivity index (χ2n) is 2.11. The maximum Gasteiger partial charge on any atom is 0.113 e. The van der Waals surface area contributed by atoms with Crippen molar-refractivity contribution in [3.05, 3.63) is 25.7 Å². The third kappa shape index (κ3) is 1.75. The van der Waals surface area contributed by atoms with Gasteiger partial charge >= 0.3 is 0 Å². The SMILES string of the molecule is [B]c1cc(Br)c(C)c(I)c1. The lowest BCUT2D eigenvalue weighted by atomic mass is 9.96. The molecule has 0 nitrogen and oxygen atoms in total. The molecule has 3 heteroatoms. The van der Waals surface area contributed by atoms with Gasteiger partial charge in [0.1, 0.15) is 7.85 Å². The molecule has 0 saturated heterocycles. The summed E-state index contributed by atoms with van der Waals surface area (Å²) >= 11 is 5.68. The molecule has 0 unspecified atom stereocenters. The Morgan fingerprint density at radius 2 is 2.10 bits per heavy atom. The maximum atomic E-state index is 5.59. The molecule has 0 saturated carbocycles. The third-order valence-corrected chi connectivity index (χ3v) is 3.25. The first kappa shape index (κ1) is 8.59. The van der Waals surface area contributed by atoms with Crippen LogP contribution in [-0.2, 0) is 0 Å². The Morgan fingerprint density at radius 1 is 1.50 bits per heavy atom. The second kappa shape index (κ2) is 3.26. The molecule has 1 rings (SSSR count). The third-order valence-electron chi connectivity index (χ3n) is 1.30. The Balaban J connectivity index is 3.31. The molecule has 2 radical (unpaired) electrons. The maximum absolute atomic E-state index is 5.59. The lowest BCUT2D eigenvalue weighted by Crippen LogP contribution is -2.03. The minimum absolute atomic E-state index is 0.807. The molecular formula is C7H5BBrI. The standard InChI is InChI=1S/C7H5BBrI/c1-4-6(9)2-5(8)3-7(4)10/h2-3H,1H3. The molecule has 0 aliphatic heterocycles. The van der Waals surface area contributed by atoms with E-state index in [0.29, 0.717) is 0 Å². The molecular weight excluding hydrogens is 302 g/mol. The molecule has 0 aliphatic carbocycles. The summed E-state index contributed by atoms with van der Waals surface area (Å²) in [5.41, 5.74) is 2.05. The van der Waals surface area contributed by atoms with E-state index < -0.39 is 0 Å². The molecule has 0 N–H and O–H groups in total. The predicted molar refractivity (Wildman–Crippen MR) is 57.0 cm³/mol. The summed E-state index contributed by atoms with van der Waals surface area (Å²) in [5, 5.41) is 0. The minimum Gasteiger partial charge on any atom is -0.0945 e. The van der Waals surface area contributed by atoms with Crippen molar-refractivity contribution < 1.29 is 0 Å². The van der Waals surface area contributed by atoms with Crippen LogP contribution < -0.4 is 5.46 Å². The van der Waals surface area contributed by atoms with Crippen molar-refractivity contribution in [1.82, 2.24) is 0 Å². The quantitative estimate of drug-likeness (QED) is 0.509. The van der Waals surface area contributed by atoms with Crippen molar-refractivity contribution in [1.29, 1.82) is 0 Å². The molecule has 1 aromatic carbocycles. The van der Waals surface area contributed by atoms with Gasteiger partial charge in [0, 0.05) is 8.04 Å². The van der Waals surface area contributed by atoms with Gasteiger partial charge < -0.3 is 0 Å². The minimum atomic E-state index is 0.807. The Labute approximate surface area is 84.1 Å². The van der Waals surface area contributed by atoms with Gasteiger partial charge in [0.25, 0.3) is 0 Å². The summed E-state index contributed by atoms with van der Waals surface area (Å²) in [7, 11) is 5.59. The Hall–Kier alpha value is 0.495. The van der Waals surface area contributed by atoms with Crippen molar-refractivity contribution in [2.45, 2.75) is 6.92 Å². The van der Waals surface area contributed by atoms with Gasteiger partial charge in [-0.3, -0.25) is 0 Å². The molecule has 1 aromatic rings. The van der Waals surface area contributed by atoms with E-state index in [0.717, 1.165) is 9.94 Å². The van der Waals surface area contributed by atoms with Crippen LogP contribution >= 0.6 is 38.5 Å². The number of halogens is 2. The molecule has 0 amide bonds. The lowest BCUT2D eigenvalue weighted by molar-refractivity contribution is 1.41. The van der Waals surface area contributed by atoms with Gasteiger partial charge in [0.05, 0.1) is 0 Å². The summed E-state index contributed by atoms with van der Waals surface area (Å²) in [6.07, 6.45) is 0. The molecule has 10 heavy (non-hydrogen) atoms. The van der Waals surface area contributed by atoms with Crippen LogP contribution in [0, 0.1) is 10.5 Å². The second-order valence-corrected chi connectivity index (χ2v) is 4.13. The van der Waals surface area contributed by atoms with Gasteiger partial charge in [0.15, 0.2) is 0 Å². The molecule has 0 atom stereocenters. The van der Waals surface area contributed by atoms with Crippen molar-refractivity contribution in [2.24, 2.45) is 0 Å². The number of hydrogen-bond donors (Lipinski definition) is 0. The fourth-order valence-corrected chi connectivity index (χ4v) is 2.16. The molecule has 50 valence electrons. The zero-order valence-electron chi connectivity index (χ0n) is 5.49. The number of hydrogen-bond acceptors (Lipinski definition) is 0. The molecule has 0 fully saturated rings. The number of rotatable bonds is 0. The van der Waals surface area contributed by atoms with Crippen LogP contribution in [0.5, 0.6) is 0 Å². The topological polar surface area (TPSA) is 0 Å². The lowest BCUT2D eigenvalue weighted by Gasteiger charge is -2.02. The van der Waals surface area contributed by atoms with E-state index in [4.69, 9.17) is 7.85 Å². The van der Waals surface area contributed by atoms with Crippen molar-refractivity contribution in [3.8, 4) is 0 Å². The van der Waals surface area contributed by atoms with E-state index in [1.54, 1.807) is 0 Å². The summed E-state index contributed by atoms with van der Waals surface area (Å²) in [6, 6.07) is 3.87. The highest BCUT2D eigenvalue weighted by molar-refractivity contribution is 14.1. The van der Waals surface area contributed by atoms with Gasteiger partial charge in [-0.15, -0.1) is 0 Å². The van der Waals surface area contributed by atoms with Crippen LogP contribution in [0.15, 0.2) is 16.6 Å². The van der Waals surface area contributed by atoms with Crippen LogP contribution in [0.4, 0.5) is 0 Å². The number of benzene rings is 1. The van der Waals surface area contributed by atoms with Crippen LogP contribution in [0.25, 0.3) is 0 Å². The zero-order valence-corrected chi connectivity index (χ0v) is 9.23. The normalized spacial score (nSPS) is 9.90. The first-order valence-corrected chi connectivity index (χ1v) is 4.69. The summed E-state index contributed by atoms with van der Waals surface area (Å²) in [4.78, 5) is 0. The highest BCUT2D eigenvalue weighted by Crippen LogP contribution is 2.18. The van der Waals surface area contributed by atoms with Gasteiger partial charge in [-0.25, -0.2) is 0 Å². The van der Waals surface area contributed by atoms with Gasteiger partial charge in [-0.2, -0.15) is 0 Å². The average Bonchev–Trinajstić information content (AvgIpc) is 1.82. The molecule has 0 aliphatic rings. The summed E-state index contributed by atoms with van der Waals surface area (Å²) in [5.74, 6) is 0. The largest absolute Gasteiger partial charge is 0.113 e. The summed E-state index contributed by atoms with van der Waals surface area (Å²) < 4.78 is 2.28. The molecule has 0 aromatic heterocycles. The van der Waals surface area contributed by atoms with Gasteiger partial charge in [0.2, 0.25) is 0 Å². The predicted octanol–water partition coefficient (Wildman–Crippen LogP) is 2.16. The van der Waals surface area contributed by atoms with E-state index >= 15 is 0 Å². The van der Waals surface area contributed by atoms with Crippen LogP contribution in [0.2, 0.25) is 0 Å². The summed E-state index contributed by atoms with van der Waals surface area (Å²) in [6.45, 7) is 2.06. The first-order chi connectivity index (χ1) is 4.61. The van der Waals surface area contributed by atoms with Crippen molar-refractivity contribution in [3.63, 3.8) is 0 Å². The smallest absolute Gasteiger partial charge is 0.0945 e. The zero-order chi connectivity index (χ0) is 7.72. The van der Waals surface area contributed by atoms with Crippen molar-refractivity contribution >= 4 is 51.8 Å². The fraction of sp³-hybridized carbons (Fsp3) is 0.143. The van der Waals surface area contributed by atoms with E-state index in [9.17, 15) is 0 Å². The average molecular weight is 307 g/mol. The molecule has 0 spiro atoms. The van der Waals surface area contributed by atoms with E-state index in [-0.39, 0.29) is 0 Å². The van der Waals surface area contributed by atoms with E-state index in [1.807, 2.05) is 12.1 Å². The van der Waals surface area contributed by atoms with Gasteiger partial charge in [-0.1, -0.05) is 33.5 Å². The molecule has 0 heterocycles. The van der Waals surface area contributed by atoms with E-state index in [2.05, 4.69) is 45.4 Å². The molecule has 0 bridgehead atoms. The Morgan fingerprint density at radius 3 is 2.60 bits per heavy atom. The highest BCUT2D eigenvalue weighted by Gasteiger charge is 1.98. The monoisotopic (exact) mass is 306 g/mol. The first-order valence-electron chi connectivity index (χ1n) is 2.82. The van der Waals surface area contributed by atoms with E-state index in [1.165, 1.54) is 9.13 Å². The van der Waals surface area contributed by atoms with Crippen LogP contribution in [0.1, 0.15) is 5.56 Å². The van der Waals surface area contributed by atoms with Crippen LogP contribution in [0.3, 0.4) is 0 Å². The Kier molecular flexibility index (Phi) is 2.80. The van der Waals surface area contributed by atoms with Gasteiger partial charge in [-0.05, 0) is 35.1 Å². The Bertz CT molecular complexity index is 237. The fourth-order valence-electron chi connectivity index (χ4n) is 0.665. The highest BCUT2D eigenvalue weighted by atomic mass is 127. The van der Waals surface area contributed by atoms with Crippen LogP contribution in [-0.4, -0.2) is 7.85 Å².